The summed E-state index contributed by atoms with van der Waals surface area (Å²) in [6.07, 6.45) is -1.31. The number of aliphatic carboxylic acids is 2. The maximum absolute atomic E-state index is 12.3. The molecule has 8 N–H and O–H groups in total. The third-order valence-corrected chi connectivity index (χ3v) is 3.56. The molecule has 0 aromatic heterocycles. The number of carbonyl (C=O) groups excluding carboxylic acids is 4. The fourth-order valence-electron chi connectivity index (χ4n) is 2.03. The van der Waals surface area contributed by atoms with Gasteiger partial charge in [-0.05, 0) is 7.05 Å². The lowest BCUT2D eigenvalue weighted by atomic mass is 10.1. The van der Waals surface area contributed by atoms with Gasteiger partial charge in [-0.15, -0.1) is 0 Å². The van der Waals surface area contributed by atoms with Crippen LogP contribution in [0.5, 0.6) is 0 Å². The number of carbonyl (C=O) groups is 6. The molecule has 0 aliphatic carbocycles. The van der Waals surface area contributed by atoms with E-state index in [1.165, 1.54) is 7.05 Å². The van der Waals surface area contributed by atoms with Crippen LogP contribution in [0.3, 0.4) is 0 Å². The van der Waals surface area contributed by atoms with Gasteiger partial charge in [-0.1, -0.05) is 0 Å². The van der Waals surface area contributed by atoms with Crippen molar-refractivity contribution in [2.45, 2.75) is 37.0 Å². The normalized spacial score (nSPS) is 14.6. The number of aliphatic hydroxyl groups is 2. The van der Waals surface area contributed by atoms with Gasteiger partial charge in [-0.3, -0.25) is 24.0 Å². The van der Waals surface area contributed by atoms with Crippen molar-refractivity contribution >= 4 is 35.9 Å². The summed E-state index contributed by atoms with van der Waals surface area (Å²) in [5, 5.41) is 44.4. The van der Waals surface area contributed by atoms with Crippen LogP contribution in [-0.4, -0.2) is 101 Å². The Kier molecular flexibility index (Phi) is 11.7. The second-order valence-corrected chi connectivity index (χ2v) is 5.78. The van der Waals surface area contributed by atoms with Gasteiger partial charge >= 0.3 is 11.9 Å². The summed E-state index contributed by atoms with van der Waals surface area (Å²) < 4.78 is 0. The Morgan fingerprint density at radius 2 is 1.21 bits per heavy atom. The van der Waals surface area contributed by atoms with Crippen molar-refractivity contribution in [1.82, 2.24) is 21.3 Å². The fraction of sp³-hybridized carbons (Fsp3) is 0.600. The summed E-state index contributed by atoms with van der Waals surface area (Å²) in [6.45, 7) is -1.66. The number of rotatable bonds is 14. The van der Waals surface area contributed by atoms with E-state index in [2.05, 4.69) is 10.6 Å². The van der Waals surface area contributed by atoms with Crippen molar-refractivity contribution in [3.8, 4) is 0 Å². The van der Waals surface area contributed by atoms with E-state index in [1.807, 2.05) is 10.6 Å². The smallest absolute Gasteiger partial charge is 0.305 e. The summed E-state index contributed by atoms with van der Waals surface area (Å²) in [5.74, 6) is -5.94. The van der Waals surface area contributed by atoms with Gasteiger partial charge in [-0.25, -0.2) is 0 Å². The predicted octanol–water partition coefficient (Wildman–Crippen LogP) is -4.84. The summed E-state index contributed by atoms with van der Waals surface area (Å²) in [6, 6.07) is -5.84. The molecule has 0 radical (unpaired) electrons. The van der Waals surface area contributed by atoms with Crippen molar-refractivity contribution in [3.05, 3.63) is 0 Å². The molecule has 29 heavy (non-hydrogen) atoms. The van der Waals surface area contributed by atoms with Crippen LogP contribution in [0.2, 0.25) is 0 Å². The molecule has 0 aliphatic rings. The first-order chi connectivity index (χ1) is 13.6. The lowest BCUT2D eigenvalue weighted by molar-refractivity contribution is -0.143. The van der Waals surface area contributed by atoms with Crippen molar-refractivity contribution in [1.29, 1.82) is 0 Å². The Hall–Kier alpha value is -3.10. The number of amides is 3. The predicted molar refractivity (Wildman–Crippen MR) is 93.4 cm³/mol. The highest BCUT2D eigenvalue weighted by atomic mass is 16.4. The van der Waals surface area contributed by atoms with Gasteiger partial charge in [-0.2, -0.15) is 0 Å². The first kappa shape index (κ1) is 25.9. The van der Waals surface area contributed by atoms with E-state index in [9.17, 15) is 33.9 Å². The number of carboxylic acids is 2. The highest BCUT2D eigenvalue weighted by Crippen LogP contribution is 1.99. The molecule has 0 unspecified atom stereocenters. The second kappa shape index (κ2) is 13.1. The minimum absolute atomic E-state index is 0.224. The van der Waals surface area contributed by atoms with E-state index in [1.54, 1.807) is 0 Å². The van der Waals surface area contributed by atoms with Gasteiger partial charge < -0.3 is 46.5 Å². The third-order valence-electron chi connectivity index (χ3n) is 3.56. The largest absolute Gasteiger partial charge is 0.481 e. The standard InChI is InChI=1S/C15H24N4O10/c1-16-8(2-11(23)24)13(27)18-9(3-12(25)26)14(28)19-10(6-22)15(29)17-7(4-20)5-21/h4,7-10,16,21-22H,2-3,5-6H2,1H3,(H,17,29)(H,18,27)(H,19,28)(H,23,24)(H,25,26)/t7-,8+,9+,10+/m1/s1. The third kappa shape index (κ3) is 9.59. The Labute approximate surface area is 164 Å². The summed E-state index contributed by atoms with van der Waals surface area (Å²) in [7, 11) is 1.29. The highest BCUT2D eigenvalue weighted by Gasteiger charge is 2.31. The fourth-order valence-corrected chi connectivity index (χ4v) is 2.03. The lowest BCUT2D eigenvalue weighted by Crippen LogP contribution is -2.58. The van der Waals surface area contributed by atoms with Crippen molar-refractivity contribution in [3.63, 3.8) is 0 Å². The molecule has 0 spiro atoms. The van der Waals surface area contributed by atoms with E-state index in [4.69, 9.17) is 15.3 Å². The van der Waals surface area contributed by atoms with Crippen LogP contribution in [0.25, 0.3) is 0 Å². The van der Waals surface area contributed by atoms with Gasteiger partial charge in [0.2, 0.25) is 17.7 Å². The first-order valence-electron chi connectivity index (χ1n) is 8.28. The van der Waals surface area contributed by atoms with Crippen molar-refractivity contribution in [2.24, 2.45) is 0 Å². The maximum Gasteiger partial charge on any atom is 0.305 e. The average molecular weight is 420 g/mol. The Morgan fingerprint density at radius 3 is 1.62 bits per heavy atom. The van der Waals surface area contributed by atoms with Crippen LogP contribution in [0, 0.1) is 0 Å². The van der Waals surface area contributed by atoms with Gasteiger partial charge in [0.25, 0.3) is 0 Å². The zero-order valence-corrected chi connectivity index (χ0v) is 15.5. The number of nitrogens with one attached hydrogen (secondary N) is 4. The molecule has 14 nitrogen and oxygen atoms in total. The molecule has 164 valence electrons. The molecule has 0 bridgehead atoms. The molecule has 4 atom stereocenters. The minimum atomic E-state index is -1.69. The molecule has 0 aromatic rings. The molecular formula is C15H24N4O10. The molecule has 14 heteroatoms. The SMILES string of the molecule is CN[C@@H](CC(=O)O)C(=O)N[C@@H](CC(=O)O)C(=O)N[C@@H](CO)C(=O)N[C@H](C=O)CO. The zero-order valence-electron chi connectivity index (χ0n) is 15.5. The lowest BCUT2D eigenvalue weighted by Gasteiger charge is -2.23. The van der Waals surface area contributed by atoms with Gasteiger partial charge in [0.1, 0.15) is 24.4 Å². The minimum Gasteiger partial charge on any atom is -0.481 e. The van der Waals surface area contributed by atoms with Crippen LogP contribution >= 0.6 is 0 Å². The van der Waals surface area contributed by atoms with Crippen molar-refractivity contribution in [2.75, 3.05) is 20.3 Å². The van der Waals surface area contributed by atoms with E-state index >= 15 is 0 Å². The maximum atomic E-state index is 12.3. The molecule has 0 aromatic carbocycles. The molecule has 0 saturated carbocycles. The van der Waals surface area contributed by atoms with Gasteiger partial charge in [0.05, 0.1) is 32.1 Å². The molecule has 0 saturated heterocycles. The van der Waals surface area contributed by atoms with E-state index in [0.717, 1.165) is 0 Å². The topological polar surface area (TPSA) is 231 Å². The van der Waals surface area contributed by atoms with E-state index in [0.29, 0.717) is 0 Å². The monoisotopic (exact) mass is 420 g/mol. The van der Waals surface area contributed by atoms with Crippen LogP contribution < -0.4 is 21.3 Å². The molecule has 0 aliphatic heterocycles. The second-order valence-electron chi connectivity index (χ2n) is 5.78. The van der Waals surface area contributed by atoms with Crippen LogP contribution in [0.15, 0.2) is 0 Å². The van der Waals surface area contributed by atoms with Crippen LogP contribution in [0.4, 0.5) is 0 Å². The Morgan fingerprint density at radius 1 is 0.759 bits per heavy atom. The molecular weight excluding hydrogens is 396 g/mol. The number of carboxylic acid groups (broad SMARTS) is 2. The average Bonchev–Trinajstić information content (AvgIpc) is 2.66. The Bertz CT molecular complexity index is 626. The highest BCUT2D eigenvalue weighted by molar-refractivity contribution is 5.96. The van der Waals surface area contributed by atoms with E-state index in [-0.39, 0.29) is 6.29 Å². The molecule has 0 heterocycles. The molecule has 0 fully saturated rings. The van der Waals surface area contributed by atoms with Gasteiger partial charge in [0, 0.05) is 0 Å². The molecule has 0 rings (SSSR count). The number of aldehydes is 1. The Balaban J connectivity index is 5.24. The van der Waals surface area contributed by atoms with Crippen LogP contribution in [0.1, 0.15) is 12.8 Å². The number of likely N-dealkylation sites (N-methyl/N-ethyl adjacent to an activating group) is 1. The summed E-state index contributed by atoms with van der Waals surface area (Å²) in [5.41, 5.74) is 0. The number of aliphatic hydroxyl groups excluding tert-OH is 2. The van der Waals surface area contributed by atoms with E-state index < -0.39 is 79.9 Å². The summed E-state index contributed by atoms with van der Waals surface area (Å²) >= 11 is 0. The zero-order chi connectivity index (χ0) is 22.6. The van der Waals surface area contributed by atoms with Crippen LogP contribution in [-0.2, 0) is 28.8 Å². The number of hydrogen-bond donors (Lipinski definition) is 8. The quantitative estimate of drug-likeness (QED) is 0.124. The van der Waals surface area contributed by atoms with Gasteiger partial charge in [0.15, 0.2) is 0 Å². The number of hydrogen-bond acceptors (Lipinski definition) is 9. The molecule has 3 amide bonds. The first-order valence-corrected chi connectivity index (χ1v) is 8.28. The van der Waals surface area contributed by atoms with Crippen molar-refractivity contribution < 1.29 is 49.2 Å². The summed E-state index contributed by atoms with van der Waals surface area (Å²) in [4.78, 5) is 68.8.